The van der Waals surface area contributed by atoms with Crippen molar-refractivity contribution in [2.24, 2.45) is 5.10 Å². The van der Waals surface area contributed by atoms with Gasteiger partial charge in [0.2, 0.25) is 0 Å². The zero-order valence-electron chi connectivity index (χ0n) is 21.4. The van der Waals surface area contributed by atoms with Crippen molar-refractivity contribution in [2.75, 3.05) is 18.5 Å². The number of fused-ring (bicyclic) bond motifs is 1. The number of anilines is 1. The first kappa shape index (κ1) is 28.8. The van der Waals surface area contributed by atoms with E-state index in [-0.39, 0.29) is 28.8 Å². The second-order valence-electron chi connectivity index (χ2n) is 8.46. The van der Waals surface area contributed by atoms with E-state index in [2.05, 4.69) is 47.3 Å². The number of aryl methyl sites for hydroxylation is 2. The molecule has 1 N–H and O–H groups in total. The smallest absolute Gasteiger partial charge is 0.282 e. The van der Waals surface area contributed by atoms with Gasteiger partial charge in [0.25, 0.3) is 11.5 Å². The molecule has 4 aromatic rings. The topological polar surface area (TPSA) is 94.8 Å². The van der Waals surface area contributed by atoms with E-state index in [1.807, 2.05) is 51.1 Å². The van der Waals surface area contributed by atoms with Gasteiger partial charge in [-0.25, -0.2) is 4.98 Å². The zero-order valence-corrected chi connectivity index (χ0v) is 25.4. The first-order chi connectivity index (χ1) is 18.7. The van der Waals surface area contributed by atoms with Crippen LogP contribution in [0.2, 0.25) is 5.02 Å². The quantitative estimate of drug-likeness (QED) is 0.198. The molecule has 8 nitrogen and oxygen atoms in total. The number of nitrogens with zero attached hydrogens (tertiary/aromatic N) is 3. The van der Waals surface area contributed by atoms with Gasteiger partial charge in [0.1, 0.15) is 10.8 Å². The SMILES string of the molecule is CCOc1cc(C=Nn2c(CC)nc3ccc(Br)cc3c2=O)c(Br)c(Cl)c1OCC(=O)Nc1ccc(C)cc1. The summed E-state index contributed by atoms with van der Waals surface area (Å²) < 4.78 is 14.0. The summed E-state index contributed by atoms with van der Waals surface area (Å²) in [5.41, 5.74) is 2.61. The lowest BCUT2D eigenvalue weighted by molar-refractivity contribution is -0.118. The van der Waals surface area contributed by atoms with Gasteiger partial charge >= 0.3 is 0 Å². The van der Waals surface area contributed by atoms with E-state index in [0.717, 1.165) is 10.0 Å². The molecule has 4 rings (SSSR count). The minimum atomic E-state index is -0.346. The molecule has 0 saturated heterocycles. The number of amides is 1. The minimum Gasteiger partial charge on any atom is -0.490 e. The molecule has 1 heterocycles. The molecule has 0 spiro atoms. The first-order valence-corrected chi connectivity index (χ1v) is 14.1. The van der Waals surface area contributed by atoms with Gasteiger partial charge in [-0.2, -0.15) is 9.78 Å². The molecule has 0 radical (unpaired) electrons. The van der Waals surface area contributed by atoms with Gasteiger partial charge in [-0.1, -0.05) is 52.2 Å². The van der Waals surface area contributed by atoms with Crippen LogP contribution in [0.3, 0.4) is 0 Å². The standard InChI is InChI=1S/C28H25Br2ClN4O4/c1-4-23-34-21-11-8-18(29)13-20(21)28(37)35(23)32-14-17-12-22(38-5-2)27(26(31)25(17)30)39-15-24(36)33-19-9-6-16(3)7-10-19/h6-14H,4-5,15H2,1-3H3,(H,33,36). The lowest BCUT2D eigenvalue weighted by Crippen LogP contribution is -2.22. The fourth-order valence-electron chi connectivity index (χ4n) is 3.73. The molecule has 0 unspecified atom stereocenters. The molecule has 0 fully saturated rings. The summed E-state index contributed by atoms with van der Waals surface area (Å²) in [6.07, 6.45) is 2.00. The van der Waals surface area contributed by atoms with Crippen LogP contribution in [-0.4, -0.2) is 35.0 Å². The van der Waals surface area contributed by atoms with E-state index < -0.39 is 0 Å². The van der Waals surface area contributed by atoms with Crippen LogP contribution in [0.1, 0.15) is 30.8 Å². The molecule has 202 valence electrons. The van der Waals surface area contributed by atoms with Crippen molar-refractivity contribution in [1.82, 2.24) is 9.66 Å². The summed E-state index contributed by atoms with van der Waals surface area (Å²) in [5, 5.41) is 7.87. The van der Waals surface area contributed by atoms with Crippen molar-refractivity contribution in [3.8, 4) is 11.5 Å². The van der Waals surface area contributed by atoms with Gasteiger partial charge in [-0.15, -0.1) is 0 Å². The Morgan fingerprint density at radius 1 is 1.13 bits per heavy atom. The average molecular weight is 677 g/mol. The van der Waals surface area contributed by atoms with Crippen molar-refractivity contribution in [1.29, 1.82) is 0 Å². The summed E-state index contributed by atoms with van der Waals surface area (Å²) in [6, 6.07) is 14.5. The van der Waals surface area contributed by atoms with E-state index in [4.69, 9.17) is 21.1 Å². The summed E-state index contributed by atoms with van der Waals surface area (Å²) in [7, 11) is 0. The second kappa shape index (κ2) is 12.8. The first-order valence-electron chi connectivity index (χ1n) is 12.1. The normalized spacial score (nSPS) is 11.2. The number of benzene rings is 3. The number of ether oxygens (including phenoxy) is 2. The lowest BCUT2D eigenvalue weighted by atomic mass is 10.2. The molecule has 1 amide bonds. The van der Waals surface area contributed by atoms with Gasteiger partial charge in [0, 0.05) is 26.6 Å². The molecule has 0 aliphatic heterocycles. The Hall–Kier alpha value is -3.21. The fourth-order valence-corrected chi connectivity index (χ4v) is 4.74. The molecule has 39 heavy (non-hydrogen) atoms. The third-order valence-electron chi connectivity index (χ3n) is 5.64. The van der Waals surface area contributed by atoms with Gasteiger partial charge in [-0.3, -0.25) is 9.59 Å². The van der Waals surface area contributed by atoms with Crippen molar-refractivity contribution in [3.05, 3.63) is 89.8 Å². The van der Waals surface area contributed by atoms with Crippen LogP contribution in [0.15, 0.2) is 67.4 Å². The number of hydrogen-bond donors (Lipinski definition) is 1. The molecule has 0 saturated carbocycles. The summed E-state index contributed by atoms with van der Waals surface area (Å²) >= 11 is 13.5. The Morgan fingerprint density at radius 2 is 1.87 bits per heavy atom. The van der Waals surface area contributed by atoms with Gasteiger partial charge in [0.05, 0.1) is 23.7 Å². The third kappa shape index (κ3) is 6.69. The molecule has 3 aromatic carbocycles. The number of carbonyl (C=O) groups is 1. The average Bonchev–Trinajstić information content (AvgIpc) is 2.92. The molecular weight excluding hydrogens is 652 g/mol. The maximum absolute atomic E-state index is 13.2. The number of rotatable bonds is 9. The monoisotopic (exact) mass is 674 g/mol. The molecule has 1 aromatic heterocycles. The van der Waals surface area contributed by atoms with Crippen molar-refractivity contribution < 1.29 is 14.3 Å². The minimum absolute atomic E-state index is 0.203. The highest BCUT2D eigenvalue weighted by molar-refractivity contribution is 9.10. The summed E-state index contributed by atoms with van der Waals surface area (Å²) in [5.74, 6) is 0.711. The second-order valence-corrected chi connectivity index (χ2v) is 10.5. The molecular formula is C28H25Br2ClN4O4. The largest absolute Gasteiger partial charge is 0.490 e. The van der Waals surface area contributed by atoms with Crippen LogP contribution in [0.25, 0.3) is 10.9 Å². The summed E-state index contributed by atoms with van der Waals surface area (Å²) in [4.78, 5) is 30.3. The Morgan fingerprint density at radius 3 is 2.56 bits per heavy atom. The van der Waals surface area contributed by atoms with Crippen LogP contribution in [0.4, 0.5) is 5.69 Å². The Labute approximate surface area is 247 Å². The van der Waals surface area contributed by atoms with Crippen molar-refractivity contribution in [3.63, 3.8) is 0 Å². The molecule has 0 aliphatic carbocycles. The highest BCUT2D eigenvalue weighted by Crippen LogP contribution is 2.42. The predicted octanol–water partition coefficient (Wildman–Crippen LogP) is 6.74. The van der Waals surface area contributed by atoms with E-state index in [1.54, 1.807) is 18.2 Å². The van der Waals surface area contributed by atoms with Crippen molar-refractivity contribution in [2.45, 2.75) is 27.2 Å². The van der Waals surface area contributed by atoms with E-state index in [9.17, 15) is 9.59 Å². The summed E-state index contributed by atoms with van der Waals surface area (Å²) in [6.45, 7) is 5.75. The van der Waals surface area contributed by atoms with Gasteiger partial charge in [0.15, 0.2) is 18.1 Å². The predicted molar refractivity (Wildman–Crippen MR) is 162 cm³/mol. The zero-order chi connectivity index (χ0) is 28.1. The number of carbonyl (C=O) groups excluding carboxylic acids is 1. The number of halogens is 3. The number of nitrogens with one attached hydrogen (secondary N) is 1. The van der Waals surface area contributed by atoms with Crippen molar-refractivity contribution >= 4 is 72.2 Å². The van der Waals surface area contributed by atoms with Gasteiger partial charge < -0.3 is 14.8 Å². The van der Waals surface area contributed by atoms with E-state index in [1.165, 1.54) is 10.9 Å². The maximum Gasteiger partial charge on any atom is 0.282 e. The lowest BCUT2D eigenvalue weighted by Gasteiger charge is -2.16. The highest BCUT2D eigenvalue weighted by Gasteiger charge is 2.19. The van der Waals surface area contributed by atoms with Crippen LogP contribution < -0.4 is 20.3 Å². The van der Waals surface area contributed by atoms with E-state index >= 15 is 0 Å². The molecule has 11 heteroatoms. The molecule has 0 bridgehead atoms. The van der Waals surface area contributed by atoms with Crippen LogP contribution in [-0.2, 0) is 11.2 Å². The number of aromatic nitrogens is 2. The van der Waals surface area contributed by atoms with Crippen LogP contribution in [0.5, 0.6) is 11.5 Å². The fraction of sp³-hybridized carbons (Fsp3) is 0.214. The van der Waals surface area contributed by atoms with Gasteiger partial charge in [-0.05, 0) is 66.2 Å². The maximum atomic E-state index is 13.2. The van der Waals surface area contributed by atoms with Crippen LogP contribution in [0, 0.1) is 6.92 Å². The van der Waals surface area contributed by atoms with Crippen LogP contribution >= 0.6 is 43.5 Å². The van der Waals surface area contributed by atoms with E-state index in [0.29, 0.717) is 51.2 Å². The highest BCUT2D eigenvalue weighted by atomic mass is 79.9. The third-order valence-corrected chi connectivity index (χ3v) is 7.58. The Bertz CT molecular complexity index is 1620. The Kier molecular flexibility index (Phi) is 9.42. The molecule has 0 atom stereocenters. The molecule has 0 aliphatic rings. The number of hydrogen-bond acceptors (Lipinski definition) is 6. The Balaban J connectivity index is 1.63.